The second-order valence-corrected chi connectivity index (χ2v) is 7.42. The van der Waals surface area contributed by atoms with Crippen LogP contribution >= 0.6 is 0 Å². The van der Waals surface area contributed by atoms with E-state index in [2.05, 4.69) is 15.6 Å². The Morgan fingerprint density at radius 2 is 1.60 bits per heavy atom. The molecule has 3 nitrogen and oxygen atoms in total. The van der Waals surface area contributed by atoms with Crippen molar-refractivity contribution in [1.29, 1.82) is 0 Å². The largest absolute Gasteiger partial charge is 0.326 e. The normalized spacial score (nSPS) is 38.7. The minimum atomic E-state index is 0.105. The Labute approximate surface area is 118 Å². The molecule has 1 heterocycles. The number of nitrogens with zero attached hydrogens (tertiary/aromatic N) is 1. The lowest BCUT2D eigenvalue weighted by molar-refractivity contribution is -0.0425. The molecule has 0 atom stereocenters. The summed E-state index contributed by atoms with van der Waals surface area (Å²) in [7, 11) is 0. The van der Waals surface area contributed by atoms with Gasteiger partial charge in [-0.15, -0.1) is 0 Å². The number of nitrogens with one attached hydrogen (secondary N) is 1. The molecule has 3 heteroatoms. The van der Waals surface area contributed by atoms with Crippen molar-refractivity contribution in [1.82, 2.24) is 9.55 Å². The van der Waals surface area contributed by atoms with E-state index < -0.39 is 0 Å². The van der Waals surface area contributed by atoms with E-state index in [-0.39, 0.29) is 11.2 Å². The number of benzene rings is 1. The number of aromatic amines is 1. The van der Waals surface area contributed by atoms with Gasteiger partial charge in [-0.25, -0.2) is 4.79 Å². The molecule has 1 aromatic carbocycles. The first-order chi connectivity index (χ1) is 9.73. The summed E-state index contributed by atoms with van der Waals surface area (Å²) < 4.78 is 2.13. The third-order valence-electron chi connectivity index (χ3n) is 6.07. The molecule has 4 aliphatic carbocycles. The quantitative estimate of drug-likeness (QED) is 0.847. The summed E-state index contributed by atoms with van der Waals surface area (Å²) in [5.74, 6) is 2.59. The summed E-state index contributed by atoms with van der Waals surface area (Å²) in [4.78, 5) is 15.6. The molecular formula is C17H20N2O. The molecule has 6 rings (SSSR count). The lowest BCUT2D eigenvalue weighted by atomic mass is 9.53. The molecule has 1 N–H and O–H groups in total. The second kappa shape index (κ2) is 3.57. The van der Waals surface area contributed by atoms with Gasteiger partial charge in [-0.3, -0.25) is 4.57 Å². The van der Waals surface area contributed by atoms with Gasteiger partial charge in [-0.2, -0.15) is 0 Å². The zero-order chi connectivity index (χ0) is 13.3. The molecule has 0 radical (unpaired) electrons. The summed E-state index contributed by atoms with van der Waals surface area (Å²) >= 11 is 0. The fourth-order valence-corrected chi connectivity index (χ4v) is 5.86. The number of para-hydroxylation sites is 2. The van der Waals surface area contributed by atoms with Gasteiger partial charge in [0.2, 0.25) is 0 Å². The van der Waals surface area contributed by atoms with Crippen LogP contribution in [-0.4, -0.2) is 9.55 Å². The summed E-state index contributed by atoms with van der Waals surface area (Å²) in [6.45, 7) is 0. The monoisotopic (exact) mass is 268 g/mol. The van der Waals surface area contributed by atoms with Gasteiger partial charge < -0.3 is 4.98 Å². The van der Waals surface area contributed by atoms with Gasteiger partial charge in [-0.05, 0) is 68.4 Å². The number of fused-ring (bicyclic) bond motifs is 1. The van der Waals surface area contributed by atoms with E-state index in [9.17, 15) is 4.79 Å². The van der Waals surface area contributed by atoms with Crippen molar-refractivity contribution < 1.29 is 0 Å². The number of H-pyrrole nitrogens is 1. The highest BCUT2D eigenvalue weighted by atomic mass is 16.1. The van der Waals surface area contributed by atoms with E-state index in [1.165, 1.54) is 38.5 Å². The van der Waals surface area contributed by atoms with Crippen LogP contribution in [0.3, 0.4) is 0 Å². The molecule has 0 amide bonds. The smallest absolute Gasteiger partial charge is 0.306 e. The van der Waals surface area contributed by atoms with Crippen LogP contribution in [0.4, 0.5) is 0 Å². The zero-order valence-electron chi connectivity index (χ0n) is 11.6. The third-order valence-corrected chi connectivity index (χ3v) is 6.07. The molecule has 4 fully saturated rings. The van der Waals surface area contributed by atoms with Gasteiger partial charge >= 0.3 is 5.69 Å². The van der Waals surface area contributed by atoms with Crippen molar-refractivity contribution in [3.05, 3.63) is 34.7 Å². The first-order valence-electron chi connectivity index (χ1n) is 7.94. The lowest BCUT2D eigenvalue weighted by Crippen LogP contribution is -2.54. The highest BCUT2D eigenvalue weighted by Gasteiger charge is 2.52. The molecule has 1 aromatic heterocycles. The fraction of sp³-hybridized carbons (Fsp3) is 0.588. The van der Waals surface area contributed by atoms with Gasteiger partial charge in [-0.1, -0.05) is 12.1 Å². The fourth-order valence-electron chi connectivity index (χ4n) is 5.86. The van der Waals surface area contributed by atoms with Crippen molar-refractivity contribution in [2.24, 2.45) is 17.8 Å². The van der Waals surface area contributed by atoms with Crippen LogP contribution in [0.5, 0.6) is 0 Å². The number of hydrogen-bond acceptors (Lipinski definition) is 1. The van der Waals surface area contributed by atoms with Crippen LogP contribution in [0.1, 0.15) is 38.5 Å². The Kier molecular flexibility index (Phi) is 2.00. The van der Waals surface area contributed by atoms with E-state index in [4.69, 9.17) is 0 Å². The maximum absolute atomic E-state index is 12.6. The topological polar surface area (TPSA) is 37.8 Å². The van der Waals surface area contributed by atoms with E-state index in [0.717, 1.165) is 28.8 Å². The van der Waals surface area contributed by atoms with E-state index in [0.29, 0.717) is 0 Å². The molecule has 0 spiro atoms. The Morgan fingerprint density at radius 3 is 2.25 bits per heavy atom. The Balaban J connectivity index is 1.75. The molecule has 2 aromatic rings. The minimum Gasteiger partial charge on any atom is -0.306 e. The average Bonchev–Trinajstić information content (AvgIpc) is 2.73. The van der Waals surface area contributed by atoms with Gasteiger partial charge in [0, 0.05) is 0 Å². The van der Waals surface area contributed by atoms with E-state index in [1.54, 1.807) is 0 Å². The minimum absolute atomic E-state index is 0.105. The predicted octanol–water partition coefficient (Wildman–Crippen LogP) is 3.25. The van der Waals surface area contributed by atoms with Crippen LogP contribution < -0.4 is 5.69 Å². The maximum atomic E-state index is 12.6. The van der Waals surface area contributed by atoms with E-state index in [1.807, 2.05) is 18.2 Å². The van der Waals surface area contributed by atoms with Crippen LogP contribution in [-0.2, 0) is 5.54 Å². The SMILES string of the molecule is O=c1[nH]c2ccccc2n1C12CC3CC(CC(C3)C1)C2. The number of rotatable bonds is 1. The van der Waals surface area contributed by atoms with E-state index >= 15 is 0 Å². The molecule has 0 unspecified atom stereocenters. The average molecular weight is 268 g/mol. The number of imidazole rings is 1. The number of aromatic nitrogens is 2. The van der Waals surface area contributed by atoms with Crippen LogP contribution in [0.25, 0.3) is 11.0 Å². The highest BCUT2D eigenvalue weighted by Crippen LogP contribution is 2.58. The summed E-state index contributed by atoms with van der Waals surface area (Å²) in [6.07, 6.45) is 7.91. The second-order valence-electron chi connectivity index (χ2n) is 7.42. The Bertz CT molecular complexity index is 703. The molecule has 104 valence electrons. The standard InChI is InChI=1S/C17H20N2O/c20-16-18-14-3-1-2-4-15(14)19(16)17-8-11-5-12(9-17)7-13(6-11)10-17/h1-4,11-13H,5-10H2,(H,18,20). The predicted molar refractivity (Wildman–Crippen MR) is 78.7 cm³/mol. The molecule has 4 saturated carbocycles. The van der Waals surface area contributed by atoms with Gasteiger partial charge in [0.1, 0.15) is 0 Å². The van der Waals surface area contributed by atoms with Crippen molar-refractivity contribution in [2.75, 3.05) is 0 Å². The molecular weight excluding hydrogens is 248 g/mol. The first kappa shape index (κ1) is 11.2. The first-order valence-corrected chi connectivity index (χ1v) is 7.94. The van der Waals surface area contributed by atoms with Crippen molar-refractivity contribution in [3.8, 4) is 0 Å². The maximum Gasteiger partial charge on any atom is 0.326 e. The molecule has 4 aliphatic rings. The van der Waals surface area contributed by atoms with Crippen molar-refractivity contribution in [2.45, 2.75) is 44.1 Å². The van der Waals surface area contributed by atoms with Crippen LogP contribution in [0.2, 0.25) is 0 Å². The van der Waals surface area contributed by atoms with Crippen molar-refractivity contribution in [3.63, 3.8) is 0 Å². The van der Waals surface area contributed by atoms with Crippen LogP contribution in [0.15, 0.2) is 29.1 Å². The summed E-state index contributed by atoms with van der Waals surface area (Å²) in [5.41, 5.74) is 2.33. The third kappa shape index (κ3) is 1.33. The van der Waals surface area contributed by atoms with Gasteiger partial charge in [0.05, 0.1) is 16.6 Å². The summed E-state index contributed by atoms with van der Waals surface area (Å²) in [6, 6.07) is 8.18. The molecule has 0 aliphatic heterocycles. The summed E-state index contributed by atoms with van der Waals surface area (Å²) in [5, 5.41) is 0. The highest BCUT2D eigenvalue weighted by molar-refractivity contribution is 5.75. The van der Waals surface area contributed by atoms with Crippen LogP contribution in [0, 0.1) is 17.8 Å². The Hall–Kier alpha value is -1.51. The van der Waals surface area contributed by atoms with Crippen molar-refractivity contribution >= 4 is 11.0 Å². The molecule has 20 heavy (non-hydrogen) atoms. The lowest BCUT2D eigenvalue weighted by Gasteiger charge is -2.57. The molecule has 0 saturated heterocycles. The molecule has 4 bridgehead atoms. The zero-order valence-corrected chi connectivity index (χ0v) is 11.6. The number of hydrogen-bond donors (Lipinski definition) is 1. The van der Waals surface area contributed by atoms with Gasteiger partial charge in [0.15, 0.2) is 0 Å². The Morgan fingerprint density at radius 1 is 1.00 bits per heavy atom. The van der Waals surface area contributed by atoms with Gasteiger partial charge in [0.25, 0.3) is 0 Å².